The van der Waals surface area contributed by atoms with E-state index in [2.05, 4.69) is 19.2 Å². The number of hydrogen-bond acceptors (Lipinski definition) is 3. The van der Waals surface area contributed by atoms with Crippen LogP contribution in [-0.4, -0.2) is 52.6 Å². The second-order valence-corrected chi connectivity index (χ2v) is 6.50. The Labute approximate surface area is 106 Å². The van der Waals surface area contributed by atoms with Gasteiger partial charge in [-0.25, -0.2) is 4.79 Å². The molecule has 2 N–H and O–H groups in total. The van der Waals surface area contributed by atoms with Crippen LogP contribution < -0.4 is 5.32 Å². The molecule has 1 aliphatic rings. The predicted molar refractivity (Wildman–Crippen MR) is 68.3 cm³/mol. The number of carbonyl (C=O) groups excluding carboxylic acids is 1. The van der Waals surface area contributed by atoms with E-state index in [-0.39, 0.29) is 23.1 Å². The Morgan fingerprint density at radius 3 is 2.53 bits per heavy atom. The van der Waals surface area contributed by atoms with Crippen molar-refractivity contribution in [2.45, 2.75) is 25.0 Å². The van der Waals surface area contributed by atoms with Gasteiger partial charge >= 0.3 is 12.0 Å². The summed E-state index contributed by atoms with van der Waals surface area (Å²) >= 11 is 1.70. The topological polar surface area (TPSA) is 69.6 Å². The molecule has 1 heterocycles. The van der Waals surface area contributed by atoms with Gasteiger partial charge in [-0.3, -0.25) is 4.79 Å². The van der Waals surface area contributed by atoms with E-state index in [9.17, 15) is 9.59 Å². The number of carboxylic acids is 1. The standard InChI is InChI=1S/C11H20N2O3S/c1-11(2,17-3)7-12-10(16)13-5-8(6-13)4-9(14)15/h8H,4-7H2,1-3H3,(H,12,16)(H,14,15). The Morgan fingerprint density at radius 2 is 2.06 bits per heavy atom. The Morgan fingerprint density at radius 1 is 1.47 bits per heavy atom. The van der Waals surface area contributed by atoms with E-state index in [4.69, 9.17) is 5.11 Å². The fraction of sp³-hybridized carbons (Fsp3) is 0.818. The number of nitrogens with zero attached hydrogens (tertiary/aromatic N) is 1. The molecular weight excluding hydrogens is 240 g/mol. The van der Waals surface area contributed by atoms with E-state index < -0.39 is 5.97 Å². The third kappa shape index (κ3) is 4.46. The molecule has 0 spiro atoms. The van der Waals surface area contributed by atoms with Crippen molar-refractivity contribution in [1.82, 2.24) is 10.2 Å². The van der Waals surface area contributed by atoms with Gasteiger partial charge < -0.3 is 15.3 Å². The molecule has 1 aliphatic heterocycles. The molecule has 0 radical (unpaired) electrons. The molecule has 98 valence electrons. The minimum atomic E-state index is -0.793. The molecular formula is C11H20N2O3S. The van der Waals surface area contributed by atoms with E-state index in [1.165, 1.54) is 0 Å². The molecule has 0 bridgehead atoms. The van der Waals surface area contributed by atoms with Crippen molar-refractivity contribution in [3.8, 4) is 0 Å². The second-order valence-electron chi connectivity index (χ2n) is 4.99. The number of hydrogen-bond donors (Lipinski definition) is 2. The number of likely N-dealkylation sites (tertiary alicyclic amines) is 1. The van der Waals surface area contributed by atoms with Crippen molar-refractivity contribution in [3.05, 3.63) is 0 Å². The van der Waals surface area contributed by atoms with Gasteiger partial charge in [-0.1, -0.05) is 0 Å². The van der Waals surface area contributed by atoms with Crippen molar-refractivity contribution < 1.29 is 14.7 Å². The molecule has 0 aromatic heterocycles. The van der Waals surface area contributed by atoms with E-state index in [1.54, 1.807) is 16.7 Å². The summed E-state index contributed by atoms with van der Waals surface area (Å²) in [7, 11) is 0. The van der Waals surface area contributed by atoms with Crippen LogP contribution in [-0.2, 0) is 4.79 Å². The maximum Gasteiger partial charge on any atom is 0.317 e. The van der Waals surface area contributed by atoms with Crippen LogP contribution in [0.3, 0.4) is 0 Å². The number of aliphatic carboxylic acids is 1. The quantitative estimate of drug-likeness (QED) is 0.780. The predicted octanol–water partition coefficient (Wildman–Crippen LogP) is 1.24. The van der Waals surface area contributed by atoms with E-state index >= 15 is 0 Å². The molecule has 0 aliphatic carbocycles. The van der Waals surface area contributed by atoms with Crippen LogP contribution in [0.5, 0.6) is 0 Å². The third-order valence-corrected chi connectivity index (χ3v) is 4.18. The SMILES string of the molecule is CSC(C)(C)CNC(=O)N1CC(CC(=O)O)C1. The molecule has 2 amide bonds. The molecule has 1 saturated heterocycles. The summed E-state index contributed by atoms with van der Waals surface area (Å²) in [5, 5.41) is 11.5. The van der Waals surface area contributed by atoms with E-state index in [0.717, 1.165) is 0 Å². The van der Waals surface area contributed by atoms with Crippen molar-refractivity contribution in [3.63, 3.8) is 0 Å². The van der Waals surface area contributed by atoms with Crippen LogP contribution in [0.25, 0.3) is 0 Å². The Balaban J connectivity index is 2.21. The van der Waals surface area contributed by atoms with Gasteiger partial charge in [-0.05, 0) is 20.1 Å². The van der Waals surface area contributed by atoms with E-state index in [1.807, 2.05) is 6.26 Å². The number of urea groups is 1. The lowest BCUT2D eigenvalue weighted by Gasteiger charge is -2.39. The van der Waals surface area contributed by atoms with Crippen LogP contribution in [0.4, 0.5) is 4.79 Å². The lowest BCUT2D eigenvalue weighted by atomic mass is 9.97. The van der Waals surface area contributed by atoms with Crippen LogP contribution in [0.15, 0.2) is 0 Å². The lowest BCUT2D eigenvalue weighted by molar-refractivity contribution is -0.139. The monoisotopic (exact) mass is 260 g/mol. The van der Waals surface area contributed by atoms with Crippen molar-refractivity contribution in [2.24, 2.45) is 5.92 Å². The first-order valence-corrected chi connectivity index (χ1v) is 6.86. The molecule has 1 rings (SSSR count). The summed E-state index contributed by atoms with van der Waals surface area (Å²) in [6, 6.07) is -0.0891. The minimum Gasteiger partial charge on any atom is -0.481 e. The Bertz CT molecular complexity index is 301. The summed E-state index contributed by atoms with van der Waals surface area (Å²) in [4.78, 5) is 23.8. The molecule has 0 aromatic carbocycles. The van der Waals surface area contributed by atoms with Crippen LogP contribution in [0.1, 0.15) is 20.3 Å². The zero-order chi connectivity index (χ0) is 13.1. The van der Waals surface area contributed by atoms with Gasteiger partial charge in [0.1, 0.15) is 0 Å². The average Bonchev–Trinajstić information content (AvgIpc) is 2.19. The zero-order valence-corrected chi connectivity index (χ0v) is 11.3. The smallest absolute Gasteiger partial charge is 0.317 e. The van der Waals surface area contributed by atoms with E-state index in [0.29, 0.717) is 19.6 Å². The molecule has 1 fully saturated rings. The summed E-state index contributed by atoms with van der Waals surface area (Å²) in [5.41, 5.74) is 0. The number of carboxylic acid groups (broad SMARTS) is 1. The largest absolute Gasteiger partial charge is 0.481 e. The zero-order valence-electron chi connectivity index (χ0n) is 10.5. The average molecular weight is 260 g/mol. The second kappa shape index (κ2) is 5.62. The van der Waals surface area contributed by atoms with Crippen molar-refractivity contribution >= 4 is 23.8 Å². The van der Waals surface area contributed by atoms with Gasteiger partial charge in [0, 0.05) is 30.3 Å². The Hall–Kier alpha value is -0.910. The molecule has 0 saturated carbocycles. The fourth-order valence-electron chi connectivity index (χ4n) is 1.58. The van der Waals surface area contributed by atoms with Gasteiger partial charge in [-0.2, -0.15) is 11.8 Å². The summed E-state index contributed by atoms with van der Waals surface area (Å²) in [6.07, 6.45) is 2.17. The first kappa shape index (κ1) is 14.2. The highest BCUT2D eigenvalue weighted by Gasteiger charge is 2.32. The fourth-order valence-corrected chi connectivity index (χ4v) is 1.80. The van der Waals surface area contributed by atoms with Gasteiger partial charge in [0.15, 0.2) is 0 Å². The maximum atomic E-state index is 11.7. The molecule has 0 aromatic rings. The van der Waals surface area contributed by atoms with Crippen molar-refractivity contribution in [2.75, 3.05) is 25.9 Å². The van der Waals surface area contributed by atoms with Crippen LogP contribution in [0, 0.1) is 5.92 Å². The van der Waals surface area contributed by atoms with Crippen LogP contribution in [0.2, 0.25) is 0 Å². The normalized spacial score (nSPS) is 16.5. The minimum absolute atomic E-state index is 0.0288. The summed E-state index contributed by atoms with van der Waals surface area (Å²) in [6.45, 7) is 5.87. The van der Waals surface area contributed by atoms with Gasteiger partial charge in [0.25, 0.3) is 0 Å². The lowest BCUT2D eigenvalue weighted by Crippen LogP contribution is -2.55. The highest BCUT2D eigenvalue weighted by atomic mass is 32.2. The molecule has 0 unspecified atom stereocenters. The molecule has 0 atom stereocenters. The van der Waals surface area contributed by atoms with Gasteiger partial charge in [-0.15, -0.1) is 0 Å². The number of amides is 2. The highest BCUT2D eigenvalue weighted by molar-refractivity contribution is 7.99. The third-order valence-electron chi connectivity index (χ3n) is 2.93. The number of rotatable bonds is 5. The highest BCUT2D eigenvalue weighted by Crippen LogP contribution is 2.21. The maximum absolute atomic E-state index is 11.7. The number of carbonyl (C=O) groups is 2. The molecule has 17 heavy (non-hydrogen) atoms. The number of nitrogens with one attached hydrogen (secondary N) is 1. The summed E-state index contributed by atoms with van der Waals surface area (Å²) in [5.74, 6) is -0.676. The number of thioether (sulfide) groups is 1. The first-order valence-electron chi connectivity index (χ1n) is 5.64. The van der Waals surface area contributed by atoms with Gasteiger partial charge in [0.05, 0.1) is 6.42 Å². The van der Waals surface area contributed by atoms with Crippen LogP contribution >= 0.6 is 11.8 Å². The molecule has 5 nitrogen and oxygen atoms in total. The van der Waals surface area contributed by atoms with Gasteiger partial charge in [0.2, 0.25) is 0 Å². The molecule has 6 heteroatoms. The summed E-state index contributed by atoms with van der Waals surface area (Å²) < 4.78 is 0.0288. The Kier molecular flexibility index (Phi) is 4.68. The van der Waals surface area contributed by atoms with Crippen molar-refractivity contribution in [1.29, 1.82) is 0 Å². The first-order chi connectivity index (χ1) is 7.84.